The molecule has 6 heteroatoms. The number of hydrogen-bond acceptors (Lipinski definition) is 4. The predicted molar refractivity (Wildman–Crippen MR) is 112 cm³/mol. The van der Waals surface area contributed by atoms with Gasteiger partial charge in [0.1, 0.15) is 5.75 Å². The third-order valence-electron chi connectivity index (χ3n) is 5.25. The van der Waals surface area contributed by atoms with Crippen molar-refractivity contribution in [3.05, 3.63) is 51.2 Å². The molecule has 1 aliphatic rings. The smallest absolute Gasteiger partial charge is 0.263 e. The first-order chi connectivity index (χ1) is 13.0. The van der Waals surface area contributed by atoms with Crippen LogP contribution >= 0.6 is 22.9 Å². The summed E-state index contributed by atoms with van der Waals surface area (Å²) in [7, 11) is 3.59. The van der Waals surface area contributed by atoms with Crippen molar-refractivity contribution < 1.29 is 9.53 Å². The molecule has 0 spiro atoms. The quantitative estimate of drug-likeness (QED) is 0.681. The molecule has 27 heavy (non-hydrogen) atoms. The highest BCUT2D eigenvalue weighted by Gasteiger charge is 2.23. The summed E-state index contributed by atoms with van der Waals surface area (Å²) in [6.45, 7) is 4.11. The summed E-state index contributed by atoms with van der Waals surface area (Å²) in [6, 6.07) is 11.9. The molecule has 1 fully saturated rings. The second-order valence-electron chi connectivity index (χ2n) is 7.17. The van der Waals surface area contributed by atoms with Gasteiger partial charge in [-0.15, -0.1) is 11.3 Å². The molecule has 0 atom stereocenters. The summed E-state index contributed by atoms with van der Waals surface area (Å²) < 4.78 is 5.87. The Hall–Kier alpha value is -1.56. The van der Waals surface area contributed by atoms with E-state index >= 15 is 0 Å². The lowest BCUT2D eigenvalue weighted by Gasteiger charge is -2.33. The fourth-order valence-corrected chi connectivity index (χ4v) is 4.60. The Labute approximate surface area is 170 Å². The van der Waals surface area contributed by atoms with Crippen LogP contribution in [0.4, 0.5) is 0 Å². The number of ether oxygens (including phenoxy) is 1. The molecule has 1 aromatic heterocycles. The maximum atomic E-state index is 12.5. The zero-order chi connectivity index (χ0) is 19.2. The molecule has 0 N–H and O–H groups in total. The van der Waals surface area contributed by atoms with E-state index in [-0.39, 0.29) is 5.91 Å². The van der Waals surface area contributed by atoms with Crippen molar-refractivity contribution in [2.75, 3.05) is 40.3 Å². The van der Waals surface area contributed by atoms with Crippen LogP contribution in [0.15, 0.2) is 36.4 Å². The molecule has 4 nitrogen and oxygen atoms in total. The zero-order valence-electron chi connectivity index (χ0n) is 16.0. The monoisotopic (exact) mass is 406 g/mol. The Morgan fingerprint density at radius 1 is 1.22 bits per heavy atom. The van der Waals surface area contributed by atoms with Gasteiger partial charge in [0, 0.05) is 20.1 Å². The fraction of sp³-hybridized carbons (Fsp3) is 0.476. The van der Waals surface area contributed by atoms with E-state index in [0.717, 1.165) is 56.1 Å². The molecule has 0 radical (unpaired) electrons. The fourth-order valence-electron chi connectivity index (χ4n) is 3.56. The van der Waals surface area contributed by atoms with E-state index in [2.05, 4.69) is 17.0 Å². The molecule has 0 unspecified atom stereocenters. The summed E-state index contributed by atoms with van der Waals surface area (Å²) in [6.07, 6.45) is 3.35. The van der Waals surface area contributed by atoms with E-state index in [4.69, 9.17) is 16.3 Å². The molecule has 1 aromatic carbocycles. The maximum absolute atomic E-state index is 12.5. The molecule has 1 amide bonds. The summed E-state index contributed by atoms with van der Waals surface area (Å²) in [5, 5.41) is 0. The Morgan fingerprint density at radius 2 is 1.93 bits per heavy atom. The standard InChI is InChI=1S/C21H27ClN2O2S/c1-23(21(25)19-7-8-20(22)27-19)15-17-10-13-24(14-11-17)12-9-16-3-5-18(26-2)6-4-16/h3-8,17H,9-15H2,1-2H3. The zero-order valence-corrected chi connectivity index (χ0v) is 17.6. The number of hydrogen-bond donors (Lipinski definition) is 0. The van der Waals surface area contributed by atoms with Gasteiger partial charge in [-0.3, -0.25) is 4.79 Å². The first-order valence-corrected chi connectivity index (χ1v) is 10.6. The minimum Gasteiger partial charge on any atom is -0.497 e. The third kappa shape index (κ3) is 5.71. The average molecular weight is 407 g/mol. The number of likely N-dealkylation sites (tertiary alicyclic amines) is 1. The van der Waals surface area contributed by atoms with Gasteiger partial charge in [0.2, 0.25) is 0 Å². The first kappa shape index (κ1) is 20.2. The third-order valence-corrected chi connectivity index (χ3v) is 6.46. The minimum atomic E-state index is 0.0776. The van der Waals surface area contributed by atoms with Crippen molar-refractivity contribution >= 4 is 28.8 Å². The van der Waals surface area contributed by atoms with Crippen LogP contribution < -0.4 is 4.74 Å². The molecule has 146 valence electrons. The van der Waals surface area contributed by atoms with Crippen molar-refractivity contribution in [3.63, 3.8) is 0 Å². The van der Waals surface area contributed by atoms with Crippen LogP contribution in [0, 0.1) is 5.92 Å². The number of piperidine rings is 1. The SMILES string of the molecule is COc1ccc(CCN2CCC(CN(C)C(=O)c3ccc(Cl)s3)CC2)cc1. The Kier molecular flexibility index (Phi) is 7.16. The predicted octanol–water partition coefficient (Wildman–Crippen LogP) is 4.44. The minimum absolute atomic E-state index is 0.0776. The van der Waals surface area contributed by atoms with Crippen LogP contribution in [0.2, 0.25) is 4.34 Å². The summed E-state index contributed by atoms with van der Waals surface area (Å²) >= 11 is 7.29. The van der Waals surface area contributed by atoms with Crippen LogP contribution in [-0.2, 0) is 6.42 Å². The van der Waals surface area contributed by atoms with Gasteiger partial charge in [0.25, 0.3) is 5.91 Å². The number of rotatable bonds is 7. The van der Waals surface area contributed by atoms with Crippen LogP contribution in [0.1, 0.15) is 28.1 Å². The summed E-state index contributed by atoms with van der Waals surface area (Å²) in [5.41, 5.74) is 1.35. The molecule has 1 aliphatic heterocycles. The number of amides is 1. The Balaban J connectivity index is 1.39. The van der Waals surface area contributed by atoms with Crippen molar-refractivity contribution in [2.24, 2.45) is 5.92 Å². The van der Waals surface area contributed by atoms with Gasteiger partial charge in [-0.1, -0.05) is 23.7 Å². The maximum Gasteiger partial charge on any atom is 0.263 e. The van der Waals surface area contributed by atoms with Gasteiger partial charge in [0.05, 0.1) is 16.3 Å². The second-order valence-corrected chi connectivity index (χ2v) is 8.89. The lowest BCUT2D eigenvalue weighted by atomic mass is 9.96. The van der Waals surface area contributed by atoms with E-state index in [1.807, 2.05) is 30.1 Å². The average Bonchev–Trinajstić information content (AvgIpc) is 3.13. The number of nitrogens with zero attached hydrogens (tertiary/aromatic N) is 2. The van der Waals surface area contributed by atoms with E-state index < -0.39 is 0 Å². The van der Waals surface area contributed by atoms with Crippen LogP contribution in [0.25, 0.3) is 0 Å². The molecular formula is C21H27ClN2O2S. The largest absolute Gasteiger partial charge is 0.497 e. The second kappa shape index (κ2) is 9.58. The van der Waals surface area contributed by atoms with Gasteiger partial charge in [-0.05, 0) is 68.1 Å². The van der Waals surface area contributed by atoms with E-state index in [1.54, 1.807) is 13.2 Å². The number of halogens is 1. The summed E-state index contributed by atoms with van der Waals surface area (Å²) in [4.78, 5) is 17.6. The Bertz CT molecular complexity index is 739. The van der Waals surface area contributed by atoms with Gasteiger partial charge < -0.3 is 14.5 Å². The van der Waals surface area contributed by atoms with Crippen LogP contribution in [-0.4, -0.2) is 56.0 Å². The van der Waals surface area contributed by atoms with E-state index in [9.17, 15) is 4.79 Å². The summed E-state index contributed by atoms with van der Waals surface area (Å²) in [5.74, 6) is 1.56. The number of methoxy groups -OCH3 is 1. The van der Waals surface area contributed by atoms with Crippen LogP contribution in [0.3, 0.4) is 0 Å². The van der Waals surface area contributed by atoms with Crippen LogP contribution in [0.5, 0.6) is 5.75 Å². The number of carbonyl (C=O) groups is 1. The number of benzene rings is 1. The molecule has 3 rings (SSSR count). The highest BCUT2D eigenvalue weighted by atomic mass is 35.5. The lowest BCUT2D eigenvalue weighted by Crippen LogP contribution is -2.40. The molecular weight excluding hydrogens is 380 g/mol. The van der Waals surface area contributed by atoms with E-state index in [0.29, 0.717) is 10.3 Å². The van der Waals surface area contributed by atoms with Gasteiger partial charge >= 0.3 is 0 Å². The molecule has 2 aromatic rings. The van der Waals surface area contributed by atoms with Crippen molar-refractivity contribution in [2.45, 2.75) is 19.3 Å². The molecule has 1 saturated heterocycles. The molecule has 0 aliphatic carbocycles. The first-order valence-electron chi connectivity index (χ1n) is 9.41. The highest BCUT2D eigenvalue weighted by Crippen LogP contribution is 2.24. The Morgan fingerprint density at radius 3 is 2.52 bits per heavy atom. The molecule has 2 heterocycles. The van der Waals surface area contributed by atoms with Gasteiger partial charge in [-0.2, -0.15) is 0 Å². The van der Waals surface area contributed by atoms with Crippen molar-refractivity contribution in [3.8, 4) is 5.75 Å². The highest BCUT2D eigenvalue weighted by molar-refractivity contribution is 7.17. The number of thiophene rings is 1. The van der Waals surface area contributed by atoms with Crippen molar-refractivity contribution in [1.82, 2.24) is 9.80 Å². The number of carbonyl (C=O) groups excluding carboxylic acids is 1. The molecule has 0 saturated carbocycles. The van der Waals surface area contributed by atoms with Gasteiger partial charge in [-0.25, -0.2) is 0 Å². The molecule has 0 bridgehead atoms. The normalized spacial score (nSPS) is 15.7. The topological polar surface area (TPSA) is 32.8 Å². The van der Waals surface area contributed by atoms with Crippen molar-refractivity contribution in [1.29, 1.82) is 0 Å². The van der Waals surface area contributed by atoms with Gasteiger partial charge in [0.15, 0.2) is 0 Å². The lowest BCUT2D eigenvalue weighted by molar-refractivity contribution is 0.0745. The van der Waals surface area contributed by atoms with E-state index in [1.165, 1.54) is 16.9 Å².